The molecular weight excluding hydrogens is 298 g/mol. The Morgan fingerprint density at radius 1 is 1.50 bits per heavy atom. The highest BCUT2D eigenvalue weighted by atomic mass is 79.9. The quantitative estimate of drug-likeness (QED) is 0.857. The van der Waals surface area contributed by atoms with Gasteiger partial charge in [0.1, 0.15) is 0 Å². The van der Waals surface area contributed by atoms with Crippen LogP contribution in [0, 0.1) is 0 Å². The Kier molecular flexibility index (Phi) is 4.83. The number of amides is 1. The van der Waals surface area contributed by atoms with Gasteiger partial charge in [0, 0.05) is 20.2 Å². The molecule has 0 saturated carbocycles. The molecule has 0 radical (unpaired) electrons. The highest BCUT2D eigenvalue weighted by Gasteiger charge is 2.18. The van der Waals surface area contributed by atoms with Crippen molar-refractivity contribution >= 4 is 21.8 Å². The first kappa shape index (κ1) is 13.6. The molecule has 5 heteroatoms. The molecule has 0 aromatic carbocycles. The van der Waals surface area contributed by atoms with Gasteiger partial charge in [-0.3, -0.25) is 4.79 Å². The number of halogens is 1. The van der Waals surface area contributed by atoms with Gasteiger partial charge in [-0.1, -0.05) is 0 Å². The van der Waals surface area contributed by atoms with Crippen molar-refractivity contribution in [2.45, 2.75) is 31.8 Å². The highest BCUT2D eigenvalue weighted by molar-refractivity contribution is 9.10. The summed E-state index contributed by atoms with van der Waals surface area (Å²) in [6.07, 6.45) is 4.69. The summed E-state index contributed by atoms with van der Waals surface area (Å²) in [7, 11) is 1.79. The van der Waals surface area contributed by atoms with Gasteiger partial charge >= 0.3 is 0 Å². The van der Waals surface area contributed by atoms with Crippen LogP contribution in [-0.4, -0.2) is 37.1 Å². The van der Waals surface area contributed by atoms with E-state index < -0.39 is 0 Å². The maximum Gasteiger partial charge on any atom is 0.289 e. The zero-order valence-electron chi connectivity index (χ0n) is 10.5. The van der Waals surface area contributed by atoms with E-state index in [1.54, 1.807) is 24.1 Å². The van der Waals surface area contributed by atoms with Gasteiger partial charge in [0.25, 0.3) is 5.91 Å². The fraction of sp³-hybridized carbons (Fsp3) is 0.615. The fourth-order valence-corrected chi connectivity index (χ4v) is 2.40. The molecule has 1 amide bonds. The molecule has 2 rings (SSSR count). The topological polar surface area (TPSA) is 42.7 Å². The third-order valence-electron chi connectivity index (χ3n) is 3.19. The van der Waals surface area contributed by atoms with Crippen LogP contribution < -0.4 is 0 Å². The summed E-state index contributed by atoms with van der Waals surface area (Å²) in [5, 5.41) is 0. The van der Waals surface area contributed by atoms with Crippen LogP contribution in [0.2, 0.25) is 0 Å². The average Bonchev–Trinajstić information content (AvgIpc) is 2.83. The smallest absolute Gasteiger partial charge is 0.289 e. The molecule has 1 aliphatic rings. The lowest BCUT2D eigenvalue weighted by Gasteiger charge is -2.24. The minimum Gasteiger partial charge on any atom is -0.444 e. The van der Waals surface area contributed by atoms with Gasteiger partial charge in [0.15, 0.2) is 10.4 Å². The monoisotopic (exact) mass is 315 g/mol. The number of furan rings is 1. The van der Waals surface area contributed by atoms with Crippen LogP contribution in [0.5, 0.6) is 0 Å². The van der Waals surface area contributed by atoms with Crippen molar-refractivity contribution in [3.63, 3.8) is 0 Å². The summed E-state index contributed by atoms with van der Waals surface area (Å²) in [5.41, 5.74) is 0. The number of ether oxygens (including phenoxy) is 1. The molecule has 0 N–H and O–H groups in total. The molecule has 0 aliphatic carbocycles. The van der Waals surface area contributed by atoms with Crippen LogP contribution in [0.4, 0.5) is 0 Å². The number of carbonyl (C=O) groups excluding carboxylic acids is 1. The molecule has 1 aromatic rings. The summed E-state index contributed by atoms with van der Waals surface area (Å²) < 4.78 is 11.5. The summed E-state index contributed by atoms with van der Waals surface area (Å²) >= 11 is 3.19. The van der Waals surface area contributed by atoms with Gasteiger partial charge in [-0.25, -0.2) is 0 Å². The van der Waals surface area contributed by atoms with Crippen molar-refractivity contribution in [3.05, 3.63) is 22.6 Å². The largest absolute Gasteiger partial charge is 0.444 e. The van der Waals surface area contributed by atoms with Crippen LogP contribution >= 0.6 is 15.9 Å². The van der Waals surface area contributed by atoms with E-state index in [2.05, 4.69) is 15.9 Å². The van der Waals surface area contributed by atoms with Crippen LogP contribution in [-0.2, 0) is 4.74 Å². The molecule has 0 bridgehead atoms. The van der Waals surface area contributed by atoms with Crippen molar-refractivity contribution in [3.8, 4) is 0 Å². The van der Waals surface area contributed by atoms with E-state index in [4.69, 9.17) is 9.15 Å². The maximum atomic E-state index is 12.0. The van der Waals surface area contributed by atoms with Gasteiger partial charge in [0.2, 0.25) is 0 Å². The lowest BCUT2D eigenvalue weighted by atomic mass is 10.1. The zero-order chi connectivity index (χ0) is 13.0. The molecule has 2 heterocycles. The number of hydrogen-bond acceptors (Lipinski definition) is 3. The van der Waals surface area contributed by atoms with E-state index in [9.17, 15) is 4.79 Å². The second kappa shape index (κ2) is 6.38. The first-order valence-corrected chi connectivity index (χ1v) is 7.08. The van der Waals surface area contributed by atoms with E-state index in [1.165, 1.54) is 6.42 Å². The van der Waals surface area contributed by atoms with Crippen LogP contribution in [0.15, 0.2) is 21.2 Å². The molecule has 18 heavy (non-hydrogen) atoms. The first-order valence-electron chi connectivity index (χ1n) is 6.29. The highest BCUT2D eigenvalue weighted by Crippen LogP contribution is 2.18. The van der Waals surface area contributed by atoms with E-state index in [0.29, 0.717) is 23.1 Å². The lowest BCUT2D eigenvalue weighted by Crippen LogP contribution is -2.31. The summed E-state index contributed by atoms with van der Waals surface area (Å²) in [4.78, 5) is 13.7. The Bertz CT molecular complexity index is 399. The van der Waals surface area contributed by atoms with Crippen LogP contribution in [0.3, 0.4) is 0 Å². The third kappa shape index (κ3) is 3.59. The fourth-order valence-electron chi connectivity index (χ4n) is 2.09. The van der Waals surface area contributed by atoms with Crippen molar-refractivity contribution in [2.75, 3.05) is 20.2 Å². The van der Waals surface area contributed by atoms with Crippen molar-refractivity contribution in [2.24, 2.45) is 0 Å². The van der Waals surface area contributed by atoms with Crippen molar-refractivity contribution in [1.29, 1.82) is 0 Å². The van der Waals surface area contributed by atoms with E-state index in [0.717, 1.165) is 25.9 Å². The first-order chi connectivity index (χ1) is 8.66. The van der Waals surface area contributed by atoms with Gasteiger partial charge < -0.3 is 14.1 Å². The minimum atomic E-state index is -0.0866. The van der Waals surface area contributed by atoms with E-state index >= 15 is 0 Å². The summed E-state index contributed by atoms with van der Waals surface area (Å²) in [6, 6.07) is 3.41. The van der Waals surface area contributed by atoms with Crippen molar-refractivity contribution in [1.82, 2.24) is 4.90 Å². The molecule has 1 fully saturated rings. The number of carbonyl (C=O) groups is 1. The summed E-state index contributed by atoms with van der Waals surface area (Å²) in [6.45, 7) is 1.55. The maximum absolute atomic E-state index is 12.0. The molecule has 1 aliphatic heterocycles. The van der Waals surface area contributed by atoms with Gasteiger partial charge in [-0.15, -0.1) is 0 Å². The second-order valence-electron chi connectivity index (χ2n) is 4.61. The minimum absolute atomic E-state index is 0.0866. The Hall–Kier alpha value is -0.810. The zero-order valence-corrected chi connectivity index (χ0v) is 12.1. The summed E-state index contributed by atoms with van der Waals surface area (Å²) in [5.74, 6) is 0.283. The van der Waals surface area contributed by atoms with Gasteiger partial charge in [0.05, 0.1) is 6.10 Å². The average molecular weight is 316 g/mol. The predicted octanol–water partition coefficient (Wildman–Crippen LogP) is 3.07. The molecule has 4 nitrogen and oxygen atoms in total. The Morgan fingerprint density at radius 3 is 2.94 bits per heavy atom. The van der Waals surface area contributed by atoms with E-state index in [-0.39, 0.29) is 5.91 Å². The predicted molar refractivity (Wildman–Crippen MR) is 71.6 cm³/mol. The number of rotatable bonds is 4. The lowest BCUT2D eigenvalue weighted by molar-refractivity contribution is 0.00690. The second-order valence-corrected chi connectivity index (χ2v) is 5.39. The SMILES string of the molecule is CN(CCC1CCCCO1)C(=O)c1ccc(Br)o1. The molecule has 0 spiro atoms. The van der Waals surface area contributed by atoms with Crippen LogP contribution in [0.1, 0.15) is 36.2 Å². The van der Waals surface area contributed by atoms with Crippen molar-refractivity contribution < 1.29 is 13.9 Å². The normalized spacial score (nSPS) is 19.8. The molecule has 1 saturated heterocycles. The molecule has 1 aromatic heterocycles. The molecule has 1 unspecified atom stereocenters. The molecule has 1 atom stereocenters. The Balaban J connectivity index is 1.80. The number of nitrogens with zero attached hydrogens (tertiary/aromatic N) is 1. The van der Waals surface area contributed by atoms with Gasteiger partial charge in [-0.05, 0) is 53.7 Å². The third-order valence-corrected chi connectivity index (χ3v) is 3.62. The Labute approximate surface area is 115 Å². The number of hydrogen-bond donors (Lipinski definition) is 0. The Morgan fingerprint density at radius 2 is 2.33 bits per heavy atom. The van der Waals surface area contributed by atoms with Crippen LogP contribution in [0.25, 0.3) is 0 Å². The molecular formula is C13H18BrNO3. The van der Waals surface area contributed by atoms with E-state index in [1.807, 2.05) is 0 Å². The van der Waals surface area contributed by atoms with Gasteiger partial charge in [-0.2, -0.15) is 0 Å². The standard InChI is InChI=1S/C13H18BrNO3/c1-15(8-7-10-4-2-3-9-17-10)13(16)11-5-6-12(14)18-11/h5-6,10H,2-4,7-9H2,1H3. The molecule has 100 valence electrons.